The van der Waals surface area contributed by atoms with E-state index in [2.05, 4.69) is 0 Å². The molecule has 110 valence electrons. The number of ether oxygens (including phenoxy) is 1. The zero-order valence-corrected chi connectivity index (χ0v) is 11.4. The number of likely N-dealkylation sites (N-methyl/N-ethyl adjacent to an activating group) is 1. The number of carboxylic acid groups (broad SMARTS) is 1. The van der Waals surface area contributed by atoms with Crippen LogP contribution >= 0.6 is 0 Å². The molecule has 20 heavy (non-hydrogen) atoms. The van der Waals surface area contributed by atoms with Gasteiger partial charge in [-0.3, -0.25) is 0 Å². The molecule has 0 aliphatic rings. The zero-order valence-electron chi connectivity index (χ0n) is 11.4. The van der Waals surface area contributed by atoms with Gasteiger partial charge >= 0.3 is 5.97 Å². The van der Waals surface area contributed by atoms with Crippen molar-refractivity contribution >= 4 is 17.7 Å². The molecular formula is C14H17F2NO3. The molecule has 0 saturated carbocycles. The van der Waals surface area contributed by atoms with Gasteiger partial charge in [0, 0.05) is 26.3 Å². The first-order valence-electron chi connectivity index (χ1n) is 6.13. The summed E-state index contributed by atoms with van der Waals surface area (Å²) in [4.78, 5) is 11.9. The summed E-state index contributed by atoms with van der Waals surface area (Å²) in [5.74, 6) is -2.63. The van der Waals surface area contributed by atoms with Gasteiger partial charge in [-0.25, -0.2) is 13.6 Å². The van der Waals surface area contributed by atoms with Gasteiger partial charge in [0.2, 0.25) is 0 Å². The lowest BCUT2D eigenvalue weighted by atomic mass is 10.1. The molecule has 0 aliphatic heterocycles. The van der Waals surface area contributed by atoms with Crippen LogP contribution in [0.4, 0.5) is 14.5 Å². The molecule has 0 spiro atoms. The summed E-state index contributed by atoms with van der Waals surface area (Å²) in [6.07, 6.45) is 1.97. The zero-order chi connectivity index (χ0) is 15.1. The molecular weight excluding hydrogens is 268 g/mol. The fourth-order valence-electron chi connectivity index (χ4n) is 1.78. The molecule has 0 saturated heterocycles. The van der Waals surface area contributed by atoms with Crippen LogP contribution in [0.5, 0.6) is 0 Å². The van der Waals surface area contributed by atoms with E-state index >= 15 is 0 Å². The lowest BCUT2D eigenvalue weighted by molar-refractivity contribution is -0.131. The van der Waals surface area contributed by atoms with Crippen molar-refractivity contribution in [3.8, 4) is 0 Å². The van der Waals surface area contributed by atoms with Gasteiger partial charge in [0.25, 0.3) is 0 Å². The van der Waals surface area contributed by atoms with E-state index in [1.54, 1.807) is 6.92 Å². The van der Waals surface area contributed by atoms with E-state index in [0.29, 0.717) is 19.7 Å². The van der Waals surface area contributed by atoms with Gasteiger partial charge in [-0.2, -0.15) is 0 Å². The quantitative estimate of drug-likeness (QED) is 0.782. The second-order valence-corrected chi connectivity index (χ2v) is 4.08. The average Bonchev–Trinajstić information content (AvgIpc) is 2.39. The number of carboxylic acids is 1. The Bertz CT molecular complexity index is 480. The van der Waals surface area contributed by atoms with E-state index in [1.165, 1.54) is 12.0 Å². The van der Waals surface area contributed by atoms with Crippen molar-refractivity contribution in [1.29, 1.82) is 0 Å². The summed E-state index contributed by atoms with van der Waals surface area (Å²) in [6, 6.07) is 2.21. The Balaban J connectivity index is 3.07. The first kappa shape index (κ1) is 16.1. The number of rotatable bonds is 7. The monoisotopic (exact) mass is 285 g/mol. The Labute approximate surface area is 116 Å². The molecule has 0 unspecified atom stereocenters. The van der Waals surface area contributed by atoms with Crippen LogP contribution < -0.4 is 4.90 Å². The molecule has 1 rings (SSSR count). The highest BCUT2D eigenvalue weighted by molar-refractivity contribution is 5.85. The summed E-state index contributed by atoms with van der Waals surface area (Å²) in [5, 5.41) is 8.49. The Morgan fingerprint density at radius 3 is 2.45 bits per heavy atom. The van der Waals surface area contributed by atoms with Crippen LogP contribution in [0.15, 0.2) is 18.2 Å². The van der Waals surface area contributed by atoms with E-state index in [0.717, 1.165) is 24.3 Å². The maximum atomic E-state index is 14.0. The van der Waals surface area contributed by atoms with Crippen molar-refractivity contribution in [1.82, 2.24) is 0 Å². The van der Waals surface area contributed by atoms with Gasteiger partial charge < -0.3 is 14.7 Å². The molecule has 0 aliphatic carbocycles. The molecule has 4 nitrogen and oxygen atoms in total. The Kier molecular flexibility index (Phi) is 6.11. The number of hydrogen-bond donors (Lipinski definition) is 1. The number of halogens is 2. The van der Waals surface area contributed by atoms with Crippen LogP contribution in [0.1, 0.15) is 12.5 Å². The molecule has 0 amide bonds. The molecule has 0 radical (unpaired) electrons. The van der Waals surface area contributed by atoms with Gasteiger partial charge in [-0.15, -0.1) is 0 Å². The number of aliphatic carboxylic acids is 1. The average molecular weight is 285 g/mol. The second kappa shape index (κ2) is 7.59. The molecule has 1 aromatic rings. The third kappa shape index (κ3) is 4.31. The van der Waals surface area contributed by atoms with Gasteiger partial charge in [0.1, 0.15) is 17.3 Å². The summed E-state index contributed by atoms with van der Waals surface area (Å²) in [5.41, 5.74) is 0.0333. The predicted octanol–water partition coefficient (Wildman–Crippen LogP) is 2.54. The number of benzene rings is 1. The summed E-state index contributed by atoms with van der Waals surface area (Å²) < 4.78 is 32.9. The number of carbonyl (C=O) groups is 1. The highest BCUT2D eigenvalue weighted by Gasteiger charge is 2.16. The van der Waals surface area contributed by atoms with Crippen molar-refractivity contribution in [3.05, 3.63) is 35.4 Å². The normalized spacial score (nSPS) is 11.0. The molecule has 1 N–H and O–H groups in total. The molecule has 0 bridgehead atoms. The smallest absolute Gasteiger partial charge is 0.328 e. The maximum absolute atomic E-state index is 14.0. The lowest BCUT2D eigenvalue weighted by Gasteiger charge is -2.24. The minimum atomic E-state index is -1.18. The van der Waals surface area contributed by atoms with Gasteiger partial charge in [0.05, 0.1) is 6.61 Å². The van der Waals surface area contributed by atoms with Crippen LogP contribution in [-0.2, 0) is 9.53 Å². The maximum Gasteiger partial charge on any atom is 0.328 e. The van der Waals surface area contributed by atoms with Crippen LogP contribution in [0.2, 0.25) is 0 Å². The van der Waals surface area contributed by atoms with Gasteiger partial charge in [-0.05, 0) is 30.7 Å². The first-order chi connectivity index (χ1) is 9.49. The lowest BCUT2D eigenvalue weighted by Crippen LogP contribution is -2.28. The highest BCUT2D eigenvalue weighted by Crippen LogP contribution is 2.25. The summed E-state index contributed by atoms with van der Waals surface area (Å²) in [7, 11) is 1.51. The number of anilines is 1. The fourth-order valence-corrected chi connectivity index (χ4v) is 1.78. The minimum absolute atomic E-state index is 0.128. The van der Waals surface area contributed by atoms with Crippen LogP contribution in [-0.4, -0.2) is 37.9 Å². The van der Waals surface area contributed by atoms with E-state index in [1.807, 2.05) is 0 Å². The fraction of sp³-hybridized carbons (Fsp3) is 0.357. The largest absolute Gasteiger partial charge is 0.478 e. The SMILES string of the molecule is CCN(CCOC)c1c(F)cc(C=CC(=O)O)cc1F. The predicted molar refractivity (Wildman–Crippen MR) is 72.8 cm³/mol. The van der Waals surface area contributed by atoms with Crippen LogP contribution in [0.25, 0.3) is 6.08 Å². The molecule has 1 aromatic carbocycles. The van der Waals surface area contributed by atoms with E-state index in [9.17, 15) is 13.6 Å². The number of nitrogens with zero attached hydrogens (tertiary/aromatic N) is 1. The second-order valence-electron chi connectivity index (χ2n) is 4.08. The van der Waals surface area contributed by atoms with Crippen molar-refractivity contribution in [2.24, 2.45) is 0 Å². The number of methoxy groups -OCH3 is 1. The summed E-state index contributed by atoms with van der Waals surface area (Å²) >= 11 is 0. The topological polar surface area (TPSA) is 49.8 Å². The summed E-state index contributed by atoms with van der Waals surface area (Å²) in [6.45, 7) is 2.94. The van der Waals surface area contributed by atoms with Gasteiger partial charge in [-0.1, -0.05) is 0 Å². The third-order valence-electron chi connectivity index (χ3n) is 2.72. The van der Waals surface area contributed by atoms with E-state index in [4.69, 9.17) is 9.84 Å². The molecule has 0 heterocycles. The molecule has 0 aromatic heterocycles. The standard InChI is InChI=1S/C14H17F2NO3/c1-3-17(6-7-20-2)14-11(15)8-10(9-12(14)16)4-5-13(18)19/h4-5,8-9H,3,6-7H2,1-2H3,(H,18,19). The Morgan fingerprint density at radius 2 is 2.00 bits per heavy atom. The molecule has 0 atom stereocenters. The minimum Gasteiger partial charge on any atom is -0.478 e. The first-order valence-corrected chi connectivity index (χ1v) is 6.13. The highest BCUT2D eigenvalue weighted by atomic mass is 19.1. The van der Waals surface area contributed by atoms with E-state index < -0.39 is 17.6 Å². The van der Waals surface area contributed by atoms with Crippen molar-refractivity contribution < 1.29 is 23.4 Å². The van der Waals surface area contributed by atoms with Gasteiger partial charge in [0.15, 0.2) is 0 Å². The number of hydrogen-bond acceptors (Lipinski definition) is 3. The van der Waals surface area contributed by atoms with E-state index in [-0.39, 0.29) is 11.3 Å². The van der Waals surface area contributed by atoms with Crippen molar-refractivity contribution in [2.75, 3.05) is 31.7 Å². The van der Waals surface area contributed by atoms with Crippen LogP contribution in [0, 0.1) is 11.6 Å². The Hall–Kier alpha value is -1.95. The molecule has 6 heteroatoms. The third-order valence-corrected chi connectivity index (χ3v) is 2.72. The Morgan fingerprint density at radius 1 is 1.40 bits per heavy atom. The van der Waals surface area contributed by atoms with Crippen LogP contribution in [0.3, 0.4) is 0 Å². The molecule has 0 fully saturated rings. The van der Waals surface area contributed by atoms with Crippen molar-refractivity contribution in [3.63, 3.8) is 0 Å². The van der Waals surface area contributed by atoms with Crippen molar-refractivity contribution in [2.45, 2.75) is 6.92 Å².